The quantitative estimate of drug-likeness (QED) is 0.474. The van der Waals surface area contributed by atoms with Crippen LogP contribution in [0.25, 0.3) is 0 Å². The van der Waals surface area contributed by atoms with Gasteiger partial charge in [0.1, 0.15) is 6.04 Å². The zero-order valence-electron chi connectivity index (χ0n) is 7.14. The lowest BCUT2D eigenvalue weighted by Gasteiger charge is -2.18. The largest absolute Gasteiger partial charge is 0.467 e. The third-order valence-corrected chi connectivity index (χ3v) is 2.37. The van der Waals surface area contributed by atoms with Gasteiger partial charge in [-0.15, -0.1) is 0 Å². The number of hydrogen-bond acceptors (Lipinski definition) is 4. The predicted molar refractivity (Wildman–Crippen MR) is 47.9 cm³/mol. The molecule has 1 heterocycles. The summed E-state index contributed by atoms with van der Waals surface area (Å²) in [6.45, 7) is 0.276. The molecule has 1 rings (SSSR count). The Bertz CT molecular complexity index is 233. The van der Waals surface area contributed by atoms with Crippen LogP contribution in [-0.4, -0.2) is 47.0 Å². The summed E-state index contributed by atoms with van der Waals surface area (Å²) in [7, 11) is 1.24. The summed E-state index contributed by atoms with van der Waals surface area (Å²) >= 11 is 4.13. The van der Waals surface area contributed by atoms with Crippen molar-refractivity contribution >= 4 is 24.7 Å². The number of carboxylic acid groups (broad SMARTS) is 1. The molecular formula is C7H11NO4S. The molecule has 0 saturated carbocycles. The lowest BCUT2D eigenvalue weighted by atomic mass is 10.2. The number of hydrogen-bond donors (Lipinski definition) is 2. The van der Waals surface area contributed by atoms with Crippen molar-refractivity contribution in [1.29, 1.82) is 0 Å². The zero-order chi connectivity index (χ0) is 10.0. The Kier molecular flexibility index (Phi) is 3.02. The van der Waals surface area contributed by atoms with Gasteiger partial charge in [0.2, 0.25) is 0 Å². The molecule has 0 spiro atoms. The molecule has 0 aromatic heterocycles. The van der Waals surface area contributed by atoms with E-state index >= 15 is 0 Å². The average molecular weight is 205 g/mol. The Balaban J connectivity index is 2.71. The van der Waals surface area contributed by atoms with E-state index in [2.05, 4.69) is 17.4 Å². The molecule has 1 aliphatic rings. The molecule has 13 heavy (non-hydrogen) atoms. The van der Waals surface area contributed by atoms with Crippen LogP contribution in [0.4, 0.5) is 4.79 Å². The molecule has 0 unspecified atom stereocenters. The summed E-state index contributed by atoms with van der Waals surface area (Å²) in [6.07, 6.45) is -0.686. The van der Waals surface area contributed by atoms with Gasteiger partial charge in [0.15, 0.2) is 0 Å². The lowest BCUT2D eigenvalue weighted by Crippen LogP contribution is -2.40. The minimum Gasteiger partial charge on any atom is -0.467 e. The molecule has 0 aromatic rings. The molecule has 1 N–H and O–H groups in total. The van der Waals surface area contributed by atoms with Crippen LogP contribution in [0, 0.1) is 0 Å². The first-order valence-corrected chi connectivity index (χ1v) is 4.33. The highest BCUT2D eigenvalue weighted by atomic mass is 32.1. The Morgan fingerprint density at radius 1 is 1.62 bits per heavy atom. The van der Waals surface area contributed by atoms with E-state index in [1.54, 1.807) is 0 Å². The van der Waals surface area contributed by atoms with Crippen LogP contribution in [0.15, 0.2) is 0 Å². The molecule has 6 heteroatoms. The highest BCUT2D eigenvalue weighted by molar-refractivity contribution is 7.81. The number of likely N-dealkylation sites (tertiary alicyclic amines) is 1. The van der Waals surface area contributed by atoms with Crippen LogP contribution >= 0.6 is 12.6 Å². The number of carbonyl (C=O) groups excluding carboxylic acids is 1. The summed E-state index contributed by atoms with van der Waals surface area (Å²) in [6, 6.07) is -0.690. The van der Waals surface area contributed by atoms with Crippen molar-refractivity contribution in [3.8, 4) is 0 Å². The van der Waals surface area contributed by atoms with Crippen molar-refractivity contribution < 1.29 is 19.4 Å². The van der Waals surface area contributed by atoms with E-state index in [9.17, 15) is 9.59 Å². The molecule has 74 valence electrons. The third-order valence-electron chi connectivity index (χ3n) is 2.00. The van der Waals surface area contributed by atoms with Crippen LogP contribution in [0.1, 0.15) is 6.42 Å². The molecule has 2 atom stereocenters. The van der Waals surface area contributed by atoms with Gasteiger partial charge in [0, 0.05) is 11.8 Å². The van der Waals surface area contributed by atoms with Crippen molar-refractivity contribution in [2.45, 2.75) is 17.7 Å². The van der Waals surface area contributed by atoms with Gasteiger partial charge in [-0.3, -0.25) is 4.90 Å². The minimum atomic E-state index is -1.10. The zero-order valence-corrected chi connectivity index (χ0v) is 8.03. The monoisotopic (exact) mass is 205 g/mol. The van der Waals surface area contributed by atoms with Crippen LogP contribution in [0.5, 0.6) is 0 Å². The standard InChI is InChI=1S/C7H11NO4S/c1-12-6(9)5-2-4(13)3-8(5)7(10)11/h4-5,13H,2-3H2,1H3,(H,10,11)/t4-,5-/m0/s1. The summed E-state index contributed by atoms with van der Waals surface area (Å²) in [5, 5.41) is 8.65. The topological polar surface area (TPSA) is 66.8 Å². The molecule has 5 nitrogen and oxygen atoms in total. The van der Waals surface area contributed by atoms with Crippen molar-refractivity contribution in [1.82, 2.24) is 4.90 Å². The van der Waals surface area contributed by atoms with E-state index in [0.29, 0.717) is 6.42 Å². The van der Waals surface area contributed by atoms with Crippen LogP contribution in [0.2, 0.25) is 0 Å². The van der Waals surface area contributed by atoms with E-state index in [-0.39, 0.29) is 11.8 Å². The molecule has 1 fully saturated rings. The number of amides is 1. The highest BCUT2D eigenvalue weighted by Crippen LogP contribution is 2.22. The molecule has 0 bridgehead atoms. The van der Waals surface area contributed by atoms with E-state index in [0.717, 1.165) is 4.90 Å². The van der Waals surface area contributed by atoms with Gasteiger partial charge in [0.05, 0.1) is 7.11 Å². The first-order valence-electron chi connectivity index (χ1n) is 3.81. The SMILES string of the molecule is COC(=O)[C@@H]1C[C@H](S)CN1C(=O)O. The van der Waals surface area contributed by atoms with Gasteiger partial charge < -0.3 is 9.84 Å². The molecular weight excluding hydrogens is 194 g/mol. The minimum absolute atomic E-state index is 0.0831. The van der Waals surface area contributed by atoms with Crippen LogP contribution in [0.3, 0.4) is 0 Å². The van der Waals surface area contributed by atoms with Gasteiger partial charge in [0.25, 0.3) is 0 Å². The van der Waals surface area contributed by atoms with Gasteiger partial charge in [-0.05, 0) is 6.42 Å². The maximum absolute atomic E-state index is 11.1. The lowest BCUT2D eigenvalue weighted by molar-refractivity contribution is -0.145. The van der Waals surface area contributed by atoms with Gasteiger partial charge >= 0.3 is 12.1 Å². The van der Waals surface area contributed by atoms with E-state index in [1.807, 2.05) is 0 Å². The van der Waals surface area contributed by atoms with Crippen molar-refractivity contribution in [3.63, 3.8) is 0 Å². The Morgan fingerprint density at radius 3 is 2.69 bits per heavy atom. The highest BCUT2D eigenvalue weighted by Gasteiger charge is 2.38. The second-order valence-corrected chi connectivity index (χ2v) is 3.59. The molecule has 1 aliphatic heterocycles. The molecule has 0 aromatic carbocycles. The molecule has 0 aliphatic carbocycles. The van der Waals surface area contributed by atoms with E-state index in [1.165, 1.54) is 7.11 Å². The van der Waals surface area contributed by atoms with Crippen LogP contribution in [-0.2, 0) is 9.53 Å². The van der Waals surface area contributed by atoms with Gasteiger partial charge in [-0.2, -0.15) is 12.6 Å². The first kappa shape index (κ1) is 10.2. The summed E-state index contributed by atoms with van der Waals surface area (Å²) < 4.78 is 4.48. The first-order chi connectivity index (χ1) is 6.06. The average Bonchev–Trinajstić information content (AvgIpc) is 2.46. The molecule has 1 saturated heterocycles. The number of ether oxygens (including phenoxy) is 1. The predicted octanol–water partition coefficient (Wildman–Crippen LogP) is 0.210. The fourth-order valence-electron chi connectivity index (χ4n) is 1.38. The molecule has 0 radical (unpaired) electrons. The maximum Gasteiger partial charge on any atom is 0.408 e. The van der Waals surface area contributed by atoms with Crippen LogP contribution < -0.4 is 0 Å². The number of carbonyl (C=O) groups is 2. The van der Waals surface area contributed by atoms with Gasteiger partial charge in [-0.25, -0.2) is 9.59 Å². The Hall–Kier alpha value is -0.910. The number of thiol groups is 1. The Morgan fingerprint density at radius 2 is 2.23 bits per heavy atom. The maximum atomic E-state index is 11.1. The van der Waals surface area contributed by atoms with Gasteiger partial charge in [-0.1, -0.05) is 0 Å². The number of nitrogens with zero attached hydrogens (tertiary/aromatic N) is 1. The summed E-state index contributed by atoms with van der Waals surface area (Å²) in [5.74, 6) is -0.515. The second-order valence-electron chi connectivity index (χ2n) is 2.86. The smallest absolute Gasteiger partial charge is 0.408 e. The number of rotatable bonds is 1. The normalized spacial score (nSPS) is 27.4. The fourth-order valence-corrected chi connectivity index (χ4v) is 1.76. The number of esters is 1. The van der Waals surface area contributed by atoms with Crippen molar-refractivity contribution in [2.24, 2.45) is 0 Å². The van der Waals surface area contributed by atoms with Crippen molar-refractivity contribution in [3.05, 3.63) is 0 Å². The second kappa shape index (κ2) is 3.87. The summed E-state index contributed by atoms with van der Waals surface area (Å²) in [4.78, 5) is 22.8. The van der Waals surface area contributed by atoms with E-state index < -0.39 is 18.1 Å². The fraction of sp³-hybridized carbons (Fsp3) is 0.714. The molecule has 1 amide bonds. The number of methoxy groups -OCH3 is 1. The summed E-state index contributed by atoms with van der Waals surface area (Å²) in [5.41, 5.74) is 0. The Labute approximate surface area is 81.1 Å². The third kappa shape index (κ3) is 2.06. The van der Waals surface area contributed by atoms with Crippen molar-refractivity contribution in [2.75, 3.05) is 13.7 Å². The van der Waals surface area contributed by atoms with E-state index in [4.69, 9.17) is 5.11 Å².